The monoisotopic (exact) mass is 553 g/mol. The minimum atomic E-state index is -3.17. The smallest absolute Gasteiger partial charge is 0.191 e. The number of rotatable bonds is 8. The molecule has 1 unspecified atom stereocenters. The van der Waals surface area contributed by atoms with Crippen LogP contribution < -0.4 is 15.4 Å². The Kier molecular flexibility index (Phi) is 10.9. The van der Waals surface area contributed by atoms with Crippen LogP contribution in [0.25, 0.3) is 0 Å². The first-order chi connectivity index (χ1) is 13.6. The second kappa shape index (κ2) is 12.1. The fourth-order valence-electron chi connectivity index (χ4n) is 2.87. The fourth-order valence-corrected chi connectivity index (χ4v) is 3.86. The molecule has 30 heavy (non-hydrogen) atoms. The second-order valence-electron chi connectivity index (χ2n) is 8.44. The number of benzene rings is 1. The Labute approximate surface area is 198 Å². The van der Waals surface area contributed by atoms with Crippen LogP contribution in [0.4, 0.5) is 0 Å². The van der Waals surface area contributed by atoms with E-state index in [4.69, 9.17) is 9.47 Å². The van der Waals surface area contributed by atoms with Gasteiger partial charge in [0.2, 0.25) is 0 Å². The van der Waals surface area contributed by atoms with Crippen molar-refractivity contribution >= 4 is 39.8 Å². The van der Waals surface area contributed by atoms with Crippen LogP contribution in [0.15, 0.2) is 23.2 Å². The molecule has 1 heterocycles. The van der Waals surface area contributed by atoms with Gasteiger partial charge in [0.1, 0.15) is 5.75 Å². The first kappa shape index (κ1) is 27.0. The molecule has 0 aliphatic carbocycles. The number of hydrogen-bond donors (Lipinski definition) is 2. The zero-order valence-electron chi connectivity index (χ0n) is 18.7. The molecule has 7 nitrogen and oxygen atoms in total. The number of nitrogens with one attached hydrogen (secondary N) is 2. The van der Waals surface area contributed by atoms with E-state index < -0.39 is 14.6 Å². The van der Waals surface area contributed by atoms with Crippen LogP contribution in [0.3, 0.4) is 0 Å². The number of nitrogens with zero attached hydrogens (tertiary/aromatic N) is 1. The van der Waals surface area contributed by atoms with Crippen molar-refractivity contribution in [3.8, 4) is 5.75 Å². The molecule has 1 fully saturated rings. The van der Waals surface area contributed by atoms with Crippen molar-refractivity contribution in [1.29, 1.82) is 0 Å². The van der Waals surface area contributed by atoms with Gasteiger partial charge in [-0.3, -0.25) is 4.99 Å². The van der Waals surface area contributed by atoms with Gasteiger partial charge in [0.15, 0.2) is 15.8 Å². The first-order valence-corrected chi connectivity index (χ1v) is 11.7. The fraction of sp³-hybridized carbons (Fsp3) is 0.667. The van der Waals surface area contributed by atoms with Gasteiger partial charge in [-0.05, 0) is 45.7 Å². The first-order valence-electron chi connectivity index (χ1n) is 10.1. The summed E-state index contributed by atoms with van der Waals surface area (Å²) in [5.41, 5.74) is 2.17. The molecule has 9 heteroatoms. The standard InChI is InChI=1S/C21H35N3O4S.HI/c1-16-6-7-18(19(12-16)28-15-17-8-10-27-14-17)13-24-20(22-5)23-9-11-29(25,26)21(2,3)4;/h6-7,12,17H,8-11,13-15H2,1-5H3,(H2,22,23,24);1H. The lowest BCUT2D eigenvalue weighted by Crippen LogP contribution is -2.41. The predicted octanol–water partition coefficient (Wildman–Crippen LogP) is 2.91. The SMILES string of the molecule is CN=C(NCCS(=O)(=O)C(C)(C)C)NCc1ccc(C)cc1OCC1CCOC1.I. The van der Waals surface area contributed by atoms with Crippen molar-refractivity contribution in [2.24, 2.45) is 10.9 Å². The van der Waals surface area contributed by atoms with Crippen LogP contribution in [-0.4, -0.2) is 58.3 Å². The van der Waals surface area contributed by atoms with Crippen LogP contribution in [0.5, 0.6) is 5.75 Å². The number of halogens is 1. The Hall–Kier alpha value is -1.07. The van der Waals surface area contributed by atoms with Gasteiger partial charge in [-0.2, -0.15) is 0 Å². The maximum absolute atomic E-state index is 12.2. The van der Waals surface area contributed by atoms with Gasteiger partial charge in [-0.25, -0.2) is 8.42 Å². The number of aliphatic imine (C=N–C) groups is 1. The Morgan fingerprint density at radius 3 is 2.63 bits per heavy atom. The molecular formula is C21H36IN3O4S. The molecule has 0 radical (unpaired) electrons. The van der Waals surface area contributed by atoms with E-state index in [0.29, 0.717) is 31.6 Å². The molecule has 172 valence electrons. The maximum atomic E-state index is 12.2. The van der Waals surface area contributed by atoms with Crippen molar-refractivity contribution < 1.29 is 17.9 Å². The van der Waals surface area contributed by atoms with Gasteiger partial charge < -0.3 is 20.1 Å². The van der Waals surface area contributed by atoms with Crippen LogP contribution in [-0.2, 0) is 21.1 Å². The normalized spacial score (nSPS) is 17.4. The lowest BCUT2D eigenvalue weighted by atomic mass is 10.1. The van der Waals surface area contributed by atoms with Crippen LogP contribution in [0, 0.1) is 12.8 Å². The van der Waals surface area contributed by atoms with Gasteiger partial charge >= 0.3 is 0 Å². The number of hydrogen-bond acceptors (Lipinski definition) is 5. The second-order valence-corrected chi connectivity index (χ2v) is 11.3. The highest BCUT2D eigenvalue weighted by molar-refractivity contribution is 14.0. The van der Waals surface area contributed by atoms with Crippen LogP contribution in [0.2, 0.25) is 0 Å². The number of guanidine groups is 1. The Morgan fingerprint density at radius 2 is 2.03 bits per heavy atom. The van der Waals surface area contributed by atoms with E-state index in [2.05, 4.69) is 21.7 Å². The number of sulfone groups is 1. The summed E-state index contributed by atoms with van der Waals surface area (Å²) < 4.78 is 35.2. The van der Waals surface area contributed by atoms with Crippen molar-refractivity contribution in [3.63, 3.8) is 0 Å². The minimum absolute atomic E-state index is 0. The van der Waals surface area contributed by atoms with Crippen molar-refractivity contribution in [2.45, 2.75) is 45.4 Å². The lowest BCUT2D eigenvalue weighted by Gasteiger charge is -2.20. The molecule has 0 amide bonds. The summed E-state index contributed by atoms with van der Waals surface area (Å²) >= 11 is 0. The van der Waals surface area contributed by atoms with E-state index in [0.717, 1.165) is 36.5 Å². The summed E-state index contributed by atoms with van der Waals surface area (Å²) in [5, 5.41) is 6.32. The third-order valence-electron chi connectivity index (χ3n) is 4.99. The quantitative estimate of drug-likeness (QED) is 0.293. The minimum Gasteiger partial charge on any atom is -0.493 e. The third-order valence-corrected chi connectivity index (χ3v) is 7.59. The Bertz CT molecular complexity index is 801. The van der Waals surface area contributed by atoms with Crippen LogP contribution >= 0.6 is 24.0 Å². The van der Waals surface area contributed by atoms with E-state index in [1.54, 1.807) is 27.8 Å². The Balaban J connectivity index is 0.00000450. The van der Waals surface area contributed by atoms with Gasteiger partial charge in [-0.1, -0.05) is 12.1 Å². The molecule has 0 saturated carbocycles. The average molecular weight is 554 g/mol. The topological polar surface area (TPSA) is 89.0 Å². The van der Waals surface area contributed by atoms with Gasteiger partial charge in [0.25, 0.3) is 0 Å². The summed E-state index contributed by atoms with van der Waals surface area (Å²) in [6.07, 6.45) is 1.04. The summed E-state index contributed by atoms with van der Waals surface area (Å²) in [4.78, 5) is 4.18. The lowest BCUT2D eigenvalue weighted by molar-refractivity contribution is 0.166. The zero-order chi connectivity index (χ0) is 21.5. The summed E-state index contributed by atoms with van der Waals surface area (Å²) in [7, 11) is -1.50. The van der Waals surface area contributed by atoms with E-state index in [1.165, 1.54) is 0 Å². The Morgan fingerprint density at radius 1 is 1.30 bits per heavy atom. The molecule has 1 aromatic carbocycles. The van der Waals surface area contributed by atoms with Gasteiger partial charge in [0.05, 0.1) is 23.7 Å². The van der Waals surface area contributed by atoms with Gasteiger partial charge in [-0.15, -0.1) is 24.0 Å². The average Bonchev–Trinajstić information content (AvgIpc) is 3.16. The molecule has 0 spiro atoms. The van der Waals surface area contributed by atoms with Crippen molar-refractivity contribution in [2.75, 3.05) is 39.2 Å². The molecule has 1 aromatic rings. The third kappa shape index (κ3) is 8.22. The predicted molar refractivity (Wildman–Crippen MR) is 133 cm³/mol. The number of aryl methyl sites for hydroxylation is 1. The van der Waals surface area contributed by atoms with E-state index in [1.807, 2.05) is 19.1 Å². The van der Waals surface area contributed by atoms with E-state index in [-0.39, 0.29) is 29.7 Å². The summed E-state index contributed by atoms with van der Waals surface area (Å²) in [6, 6.07) is 6.13. The maximum Gasteiger partial charge on any atom is 0.191 e. The number of ether oxygens (including phenoxy) is 2. The molecule has 2 rings (SSSR count). The molecule has 1 atom stereocenters. The molecule has 2 N–H and O–H groups in total. The molecule has 1 aliphatic rings. The largest absolute Gasteiger partial charge is 0.493 e. The van der Waals surface area contributed by atoms with Crippen molar-refractivity contribution in [1.82, 2.24) is 10.6 Å². The van der Waals surface area contributed by atoms with Gasteiger partial charge in [0, 0.05) is 38.2 Å². The molecule has 1 aliphatic heterocycles. The van der Waals surface area contributed by atoms with E-state index >= 15 is 0 Å². The summed E-state index contributed by atoms with van der Waals surface area (Å²) in [5.74, 6) is 1.91. The molecule has 0 bridgehead atoms. The van der Waals surface area contributed by atoms with Crippen LogP contribution in [0.1, 0.15) is 38.3 Å². The van der Waals surface area contributed by atoms with Crippen molar-refractivity contribution in [3.05, 3.63) is 29.3 Å². The summed E-state index contributed by atoms with van der Waals surface area (Å²) in [6.45, 7) is 10.2. The highest BCUT2D eigenvalue weighted by atomic mass is 127. The van der Waals surface area contributed by atoms with E-state index in [9.17, 15) is 8.42 Å². The molecule has 0 aromatic heterocycles. The zero-order valence-corrected chi connectivity index (χ0v) is 21.8. The highest BCUT2D eigenvalue weighted by Crippen LogP contribution is 2.22. The molecule has 1 saturated heterocycles. The highest BCUT2D eigenvalue weighted by Gasteiger charge is 2.28. The molecular weight excluding hydrogens is 517 g/mol.